The van der Waals surface area contributed by atoms with E-state index in [1.807, 2.05) is 48.5 Å². The second kappa shape index (κ2) is 7.56. The van der Waals surface area contributed by atoms with Gasteiger partial charge in [-0.15, -0.1) is 0 Å². The molecule has 2 aromatic carbocycles. The highest BCUT2D eigenvalue weighted by atomic mass is 16.7. The van der Waals surface area contributed by atoms with Gasteiger partial charge in [0.25, 0.3) is 0 Å². The number of benzene rings is 2. The van der Waals surface area contributed by atoms with Gasteiger partial charge >= 0.3 is 6.03 Å². The fourth-order valence-electron chi connectivity index (χ4n) is 3.36. The van der Waals surface area contributed by atoms with E-state index in [9.17, 15) is 10.1 Å². The minimum absolute atomic E-state index is 0.113. The molecule has 1 N–H and O–H groups in total. The lowest BCUT2D eigenvalue weighted by Gasteiger charge is -2.37. The summed E-state index contributed by atoms with van der Waals surface area (Å²) in [7, 11) is 0. The Balaban J connectivity index is 1.38. The summed E-state index contributed by atoms with van der Waals surface area (Å²) in [6.45, 7) is 2.62. The Kier molecular flexibility index (Phi) is 4.81. The van der Waals surface area contributed by atoms with Crippen molar-refractivity contribution in [2.45, 2.75) is 6.04 Å². The molecular weight excluding hydrogens is 344 g/mol. The first-order chi connectivity index (χ1) is 13.2. The number of hydrogen-bond acceptors (Lipinski definition) is 5. The first-order valence-electron chi connectivity index (χ1n) is 8.89. The highest BCUT2D eigenvalue weighted by Crippen LogP contribution is 2.35. The number of amides is 2. The number of hydrogen-bond donors (Lipinski definition) is 1. The molecule has 4 rings (SSSR count). The maximum absolute atomic E-state index is 12.4. The molecule has 1 fully saturated rings. The molecule has 2 aromatic rings. The minimum atomic E-state index is -0.376. The fourth-order valence-corrected chi connectivity index (χ4v) is 3.36. The van der Waals surface area contributed by atoms with E-state index >= 15 is 0 Å². The quantitative estimate of drug-likeness (QED) is 0.906. The van der Waals surface area contributed by atoms with Crippen LogP contribution in [0, 0.1) is 11.3 Å². The van der Waals surface area contributed by atoms with Gasteiger partial charge in [0.05, 0.1) is 6.07 Å². The van der Waals surface area contributed by atoms with Crippen molar-refractivity contribution in [3.8, 4) is 17.6 Å². The summed E-state index contributed by atoms with van der Waals surface area (Å²) in [5.41, 5.74) is 1.66. The summed E-state index contributed by atoms with van der Waals surface area (Å²) in [5.74, 6) is 1.38. The minimum Gasteiger partial charge on any atom is -0.454 e. The van der Waals surface area contributed by atoms with E-state index in [-0.39, 0.29) is 18.9 Å². The van der Waals surface area contributed by atoms with Crippen LogP contribution in [0.25, 0.3) is 0 Å². The summed E-state index contributed by atoms with van der Waals surface area (Å²) in [6, 6.07) is 16.9. The number of para-hydroxylation sites is 1. The molecule has 1 saturated heterocycles. The Morgan fingerprint density at radius 2 is 1.78 bits per heavy atom. The Labute approximate surface area is 157 Å². The van der Waals surface area contributed by atoms with E-state index in [0.29, 0.717) is 37.7 Å². The molecule has 0 aromatic heterocycles. The summed E-state index contributed by atoms with van der Waals surface area (Å²) >= 11 is 0. The van der Waals surface area contributed by atoms with Crippen LogP contribution in [0.15, 0.2) is 48.5 Å². The third-order valence-electron chi connectivity index (χ3n) is 4.83. The number of ether oxygens (including phenoxy) is 2. The van der Waals surface area contributed by atoms with Gasteiger partial charge in [-0.2, -0.15) is 5.26 Å². The number of nitrogens with zero attached hydrogens (tertiary/aromatic N) is 3. The second-order valence-corrected chi connectivity index (χ2v) is 6.46. The van der Waals surface area contributed by atoms with Crippen molar-refractivity contribution >= 4 is 11.7 Å². The molecule has 2 aliphatic rings. The third kappa shape index (κ3) is 3.66. The molecule has 2 heterocycles. The topological polar surface area (TPSA) is 77.8 Å². The Morgan fingerprint density at radius 3 is 2.52 bits per heavy atom. The lowest BCUT2D eigenvalue weighted by Crippen LogP contribution is -2.50. The number of carbonyl (C=O) groups excluding carboxylic acids is 1. The summed E-state index contributed by atoms with van der Waals surface area (Å²) in [4.78, 5) is 16.3. The molecule has 7 nitrogen and oxygen atoms in total. The molecule has 0 spiro atoms. The van der Waals surface area contributed by atoms with Crippen LogP contribution in [0.4, 0.5) is 10.5 Å². The van der Waals surface area contributed by atoms with E-state index in [4.69, 9.17) is 9.47 Å². The summed E-state index contributed by atoms with van der Waals surface area (Å²) < 4.78 is 10.7. The monoisotopic (exact) mass is 364 g/mol. The average molecular weight is 364 g/mol. The predicted octanol–water partition coefficient (Wildman–Crippen LogP) is 2.83. The smallest absolute Gasteiger partial charge is 0.321 e. The number of piperazine rings is 1. The van der Waals surface area contributed by atoms with Gasteiger partial charge in [-0.3, -0.25) is 4.90 Å². The van der Waals surface area contributed by atoms with Gasteiger partial charge in [0.15, 0.2) is 11.5 Å². The maximum atomic E-state index is 12.4. The van der Waals surface area contributed by atoms with Crippen molar-refractivity contribution in [2.24, 2.45) is 0 Å². The number of nitrogens with one attached hydrogen (secondary N) is 1. The van der Waals surface area contributed by atoms with Crippen LogP contribution in [0.3, 0.4) is 0 Å². The van der Waals surface area contributed by atoms with E-state index in [2.05, 4.69) is 16.3 Å². The molecule has 0 bridgehead atoms. The van der Waals surface area contributed by atoms with Gasteiger partial charge in [-0.25, -0.2) is 4.79 Å². The number of urea groups is 1. The van der Waals surface area contributed by atoms with Crippen LogP contribution in [0.1, 0.15) is 11.6 Å². The van der Waals surface area contributed by atoms with Crippen molar-refractivity contribution in [2.75, 3.05) is 38.3 Å². The van der Waals surface area contributed by atoms with Crippen molar-refractivity contribution in [3.05, 3.63) is 54.1 Å². The van der Waals surface area contributed by atoms with E-state index < -0.39 is 0 Å². The largest absolute Gasteiger partial charge is 0.454 e. The molecule has 7 heteroatoms. The first-order valence-corrected chi connectivity index (χ1v) is 8.89. The molecule has 1 atom stereocenters. The first kappa shape index (κ1) is 17.2. The number of carbonyl (C=O) groups is 1. The van der Waals surface area contributed by atoms with E-state index in [1.54, 1.807) is 4.90 Å². The molecule has 2 aliphatic heterocycles. The van der Waals surface area contributed by atoms with Gasteiger partial charge in [-0.1, -0.05) is 24.3 Å². The highest BCUT2D eigenvalue weighted by molar-refractivity contribution is 5.89. The number of nitriles is 1. The van der Waals surface area contributed by atoms with E-state index in [0.717, 1.165) is 11.3 Å². The summed E-state index contributed by atoms with van der Waals surface area (Å²) in [5, 5.41) is 12.6. The van der Waals surface area contributed by atoms with Crippen molar-refractivity contribution < 1.29 is 14.3 Å². The van der Waals surface area contributed by atoms with Crippen LogP contribution in [0.2, 0.25) is 0 Å². The zero-order valence-corrected chi connectivity index (χ0v) is 14.8. The zero-order valence-electron chi connectivity index (χ0n) is 14.8. The SMILES string of the molecule is N#CC(c1ccc2c(c1)OCO2)N1CCN(C(=O)Nc2ccccc2)CC1. The maximum Gasteiger partial charge on any atom is 0.321 e. The predicted molar refractivity (Wildman–Crippen MR) is 99.5 cm³/mol. The van der Waals surface area contributed by atoms with Crippen LogP contribution in [-0.2, 0) is 0 Å². The van der Waals surface area contributed by atoms with Gasteiger partial charge in [0.1, 0.15) is 6.04 Å². The number of anilines is 1. The Morgan fingerprint density at radius 1 is 1.04 bits per heavy atom. The molecule has 0 aliphatic carbocycles. The van der Waals surface area contributed by atoms with Crippen molar-refractivity contribution in [3.63, 3.8) is 0 Å². The average Bonchev–Trinajstić information content (AvgIpc) is 3.18. The van der Waals surface area contributed by atoms with Crippen LogP contribution in [0.5, 0.6) is 11.5 Å². The zero-order chi connectivity index (χ0) is 18.6. The molecule has 138 valence electrons. The fraction of sp³-hybridized carbons (Fsp3) is 0.300. The Hall–Kier alpha value is -3.24. The van der Waals surface area contributed by atoms with Gasteiger partial charge in [0.2, 0.25) is 6.79 Å². The Bertz CT molecular complexity index is 857. The number of rotatable bonds is 3. The second-order valence-electron chi connectivity index (χ2n) is 6.46. The van der Waals surface area contributed by atoms with E-state index in [1.165, 1.54) is 0 Å². The molecular formula is C20H20N4O3. The standard InChI is InChI=1S/C20H20N4O3/c21-13-17(15-6-7-18-19(12-15)27-14-26-18)23-8-10-24(11-9-23)20(25)22-16-4-2-1-3-5-16/h1-7,12,17H,8-11,14H2,(H,22,25). The van der Waals surface area contributed by atoms with Crippen molar-refractivity contribution in [1.82, 2.24) is 9.80 Å². The van der Waals surface area contributed by atoms with Gasteiger partial charge in [0, 0.05) is 31.9 Å². The highest BCUT2D eigenvalue weighted by Gasteiger charge is 2.28. The van der Waals surface area contributed by atoms with Gasteiger partial charge in [-0.05, 0) is 29.8 Å². The number of fused-ring (bicyclic) bond motifs is 1. The van der Waals surface area contributed by atoms with Crippen LogP contribution in [-0.4, -0.2) is 48.8 Å². The molecule has 0 saturated carbocycles. The molecule has 27 heavy (non-hydrogen) atoms. The van der Waals surface area contributed by atoms with Crippen molar-refractivity contribution in [1.29, 1.82) is 5.26 Å². The van der Waals surface area contributed by atoms with Gasteiger partial charge < -0.3 is 19.7 Å². The molecule has 0 radical (unpaired) electrons. The lowest BCUT2D eigenvalue weighted by atomic mass is 10.0. The normalized spacial score (nSPS) is 17.2. The lowest BCUT2D eigenvalue weighted by molar-refractivity contribution is 0.131. The third-order valence-corrected chi connectivity index (χ3v) is 4.83. The van der Waals surface area contributed by atoms with Crippen LogP contribution >= 0.6 is 0 Å². The molecule has 2 amide bonds. The summed E-state index contributed by atoms with van der Waals surface area (Å²) in [6.07, 6.45) is 0. The molecule has 1 unspecified atom stereocenters. The van der Waals surface area contributed by atoms with Crippen LogP contribution < -0.4 is 14.8 Å².